The Kier molecular flexibility index (Phi) is 6.54. The smallest absolute Gasteiger partial charge is 0.328 e. The number of primary amides is 1. The van der Waals surface area contributed by atoms with Crippen molar-refractivity contribution < 1.29 is 19.1 Å². The van der Waals surface area contributed by atoms with Crippen LogP contribution in [0.5, 0.6) is 0 Å². The number of likely N-dealkylation sites (tertiary alicyclic amines) is 1. The molecule has 0 radical (unpaired) electrons. The third-order valence-electron chi connectivity index (χ3n) is 6.06. The molecule has 0 aliphatic carbocycles. The van der Waals surface area contributed by atoms with Crippen LogP contribution in [0.15, 0.2) is 30.3 Å². The number of imide groups is 1. The standard InChI is InChI=1S/C21H30N4O4/c1-16(15-29-2)23-12-9-21(10-13-23)19(27)24(14-18(22)26)20(28)25(21)11-8-17-6-4-3-5-7-17/h3-7,16H,8-15H2,1-2H3,(H2,22,26)/t16-/m0/s1. The Morgan fingerprint density at radius 3 is 2.45 bits per heavy atom. The molecule has 2 aliphatic rings. The van der Waals surface area contributed by atoms with E-state index in [1.807, 2.05) is 30.3 Å². The van der Waals surface area contributed by atoms with Crippen molar-refractivity contribution in [3.8, 4) is 0 Å². The summed E-state index contributed by atoms with van der Waals surface area (Å²) in [6, 6.07) is 9.69. The molecule has 0 aromatic heterocycles. The first kappa shape index (κ1) is 21.3. The molecule has 2 saturated heterocycles. The van der Waals surface area contributed by atoms with Gasteiger partial charge in [-0.15, -0.1) is 0 Å². The third-order valence-corrected chi connectivity index (χ3v) is 6.06. The first-order chi connectivity index (χ1) is 13.9. The average Bonchev–Trinajstić information content (AvgIpc) is 2.89. The van der Waals surface area contributed by atoms with Gasteiger partial charge in [0.05, 0.1) is 6.61 Å². The lowest BCUT2D eigenvalue weighted by Crippen LogP contribution is -2.58. The number of benzene rings is 1. The molecule has 2 fully saturated rings. The zero-order valence-electron chi connectivity index (χ0n) is 17.2. The molecular weight excluding hydrogens is 372 g/mol. The van der Waals surface area contributed by atoms with Gasteiger partial charge in [-0.25, -0.2) is 4.79 Å². The molecule has 1 atom stereocenters. The number of hydrogen-bond acceptors (Lipinski definition) is 5. The third kappa shape index (κ3) is 4.28. The molecule has 0 bridgehead atoms. The fourth-order valence-electron chi connectivity index (χ4n) is 4.44. The molecule has 0 saturated carbocycles. The monoisotopic (exact) mass is 402 g/mol. The van der Waals surface area contributed by atoms with Gasteiger partial charge in [0.1, 0.15) is 12.1 Å². The number of nitrogens with zero attached hydrogens (tertiary/aromatic N) is 3. The van der Waals surface area contributed by atoms with E-state index in [2.05, 4.69) is 11.8 Å². The van der Waals surface area contributed by atoms with Crippen LogP contribution in [0.4, 0.5) is 4.79 Å². The summed E-state index contributed by atoms with van der Waals surface area (Å²) in [5.74, 6) is -0.980. The Bertz CT molecular complexity index is 746. The van der Waals surface area contributed by atoms with Gasteiger partial charge < -0.3 is 15.4 Å². The first-order valence-electron chi connectivity index (χ1n) is 10.1. The summed E-state index contributed by atoms with van der Waals surface area (Å²) in [6.45, 7) is 4.15. The minimum Gasteiger partial charge on any atom is -0.383 e. The van der Waals surface area contributed by atoms with Gasteiger partial charge in [0, 0.05) is 32.8 Å². The number of carbonyl (C=O) groups is 3. The van der Waals surface area contributed by atoms with Gasteiger partial charge in [0.25, 0.3) is 5.91 Å². The van der Waals surface area contributed by atoms with Crippen molar-refractivity contribution in [3.63, 3.8) is 0 Å². The number of ether oxygens (including phenoxy) is 1. The van der Waals surface area contributed by atoms with Gasteiger partial charge in [-0.05, 0) is 31.7 Å². The van der Waals surface area contributed by atoms with Gasteiger partial charge in [0.15, 0.2) is 0 Å². The highest BCUT2D eigenvalue weighted by Gasteiger charge is 2.58. The second-order valence-corrected chi connectivity index (χ2v) is 7.90. The molecular formula is C21H30N4O4. The molecule has 1 aromatic carbocycles. The summed E-state index contributed by atoms with van der Waals surface area (Å²) in [7, 11) is 1.67. The van der Waals surface area contributed by atoms with Crippen molar-refractivity contribution in [2.45, 2.75) is 37.8 Å². The highest BCUT2D eigenvalue weighted by atomic mass is 16.5. The van der Waals surface area contributed by atoms with E-state index in [0.717, 1.165) is 10.5 Å². The number of nitrogens with two attached hydrogens (primary N) is 1. The van der Waals surface area contributed by atoms with Crippen LogP contribution in [0.2, 0.25) is 0 Å². The molecule has 158 valence electrons. The van der Waals surface area contributed by atoms with Crippen molar-refractivity contribution in [2.24, 2.45) is 5.73 Å². The van der Waals surface area contributed by atoms with Crippen LogP contribution in [-0.4, -0.2) is 84.0 Å². The predicted octanol–water partition coefficient (Wildman–Crippen LogP) is 0.848. The van der Waals surface area contributed by atoms with Crippen molar-refractivity contribution in [2.75, 3.05) is 39.9 Å². The molecule has 2 heterocycles. The second-order valence-electron chi connectivity index (χ2n) is 7.90. The molecule has 0 unspecified atom stereocenters. The van der Waals surface area contributed by atoms with E-state index in [1.165, 1.54) is 0 Å². The average molecular weight is 402 g/mol. The maximum atomic E-state index is 13.3. The number of amides is 4. The predicted molar refractivity (Wildman–Crippen MR) is 108 cm³/mol. The summed E-state index contributed by atoms with van der Waals surface area (Å²) >= 11 is 0. The molecule has 2 aliphatic heterocycles. The number of carbonyl (C=O) groups excluding carboxylic acids is 3. The van der Waals surface area contributed by atoms with Crippen LogP contribution < -0.4 is 5.73 Å². The minimum absolute atomic E-state index is 0.240. The quantitative estimate of drug-likeness (QED) is 0.651. The topological polar surface area (TPSA) is 96.2 Å². The molecule has 3 rings (SSSR count). The van der Waals surface area contributed by atoms with Crippen LogP contribution >= 0.6 is 0 Å². The van der Waals surface area contributed by atoms with Crippen LogP contribution in [0.3, 0.4) is 0 Å². The van der Waals surface area contributed by atoms with Crippen LogP contribution in [0, 0.1) is 0 Å². The first-order valence-corrected chi connectivity index (χ1v) is 10.1. The van der Waals surface area contributed by atoms with E-state index in [4.69, 9.17) is 10.5 Å². The van der Waals surface area contributed by atoms with Gasteiger partial charge in [0.2, 0.25) is 5.91 Å². The van der Waals surface area contributed by atoms with Gasteiger partial charge in [-0.2, -0.15) is 0 Å². The Hall–Kier alpha value is -2.45. The van der Waals surface area contributed by atoms with E-state index in [1.54, 1.807) is 12.0 Å². The van der Waals surface area contributed by atoms with Crippen molar-refractivity contribution in [1.82, 2.24) is 14.7 Å². The summed E-state index contributed by atoms with van der Waals surface area (Å²) in [5, 5.41) is 0. The highest BCUT2D eigenvalue weighted by molar-refractivity contribution is 6.09. The lowest BCUT2D eigenvalue weighted by molar-refractivity contribution is -0.138. The van der Waals surface area contributed by atoms with Crippen LogP contribution in [-0.2, 0) is 20.7 Å². The van der Waals surface area contributed by atoms with E-state index in [0.29, 0.717) is 45.5 Å². The molecule has 8 heteroatoms. The number of methoxy groups -OCH3 is 1. The Balaban J connectivity index is 1.80. The van der Waals surface area contributed by atoms with Crippen molar-refractivity contribution in [1.29, 1.82) is 0 Å². The molecule has 2 N–H and O–H groups in total. The number of piperidine rings is 1. The second kappa shape index (κ2) is 8.92. The molecule has 1 aromatic rings. The van der Waals surface area contributed by atoms with Gasteiger partial charge in [-0.3, -0.25) is 19.4 Å². The Labute approximate surface area is 171 Å². The minimum atomic E-state index is -0.898. The van der Waals surface area contributed by atoms with Crippen molar-refractivity contribution >= 4 is 17.8 Å². The Morgan fingerprint density at radius 2 is 1.86 bits per heavy atom. The summed E-state index contributed by atoms with van der Waals surface area (Å²) in [6.07, 6.45) is 1.72. The van der Waals surface area contributed by atoms with Gasteiger partial charge in [-0.1, -0.05) is 30.3 Å². The summed E-state index contributed by atoms with van der Waals surface area (Å²) in [5.41, 5.74) is 5.50. The largest absolute Gasteiger partial charge is 0.383 e. The fourth-order valence-corrected chi connectivity index (χ4v) is 4.44. The number of hydrogen-bond donors (Lipinski definition) is 1. The highest BCUT2D eigenvalue weighted by Crippen LogP contribution is 2.37. The summed E-state index contributed by atoms with van der Waals surface area (Å²) in [4.78, 5) is 42.7. The Morgan fingerprint density at radius 1 is 1.21 bits per heavy atom. The summed E-state index contributed by atoms with van der Waals surface area (Å²) < 4.78 is 5.25. The maximum absolute atomic E-state index is 13.3. The normalized spacial score (nSPS) is 20.5. The lowest BCUT2D eigenvalue weighted by atomic mass is 9.85. The zero-order valence-corrected chi connectivity index (χ0v) is 17.2. The maximum Gasteiger partial charge on any atom is 0.328 e. The van der Waals surface area contributed by atoms with E-state index in [9.17, 15) is 14.4 Å². The van der Waals surface area contributed by atoms with Crippen LogP contribution in [0.1, 0.15) is 25.3 Å². The zero-order chi connectivity index (χ0) is 21.0. The lowest BCUT2D eigenvalue weighted by Gasteiger charge is -2.44. The number of rotatable bonds is 8. The SMILES string of the molecule is COC[C@H](C)N1CCC2(CC1)C(=O)N(CC(N)=O)C(=O)N2CCc1ccccc1. The molecule has 1 spiro atoms. The van der Waals surface area contributed by atoms with Crippen molar-refractivity contribution in [3.05, 3.63) is 35.9 Å². The van der Waals surface area contributed by atoms with Crippen LogP contribution in [0.25, 0.3) is 0 Å². The number of urea groups is 1. The van der Waals surface area contributed by atoms with E-state index < -0.39 is 17.5 Å². The molecule has 4 amide bonds. The fraction of sp³-hybridized carbons (Fsp3) is 0.571. The van der Waals surface area contributed by atoms with E-state index in [-0.39, 0.29) is 18.5 Å². The molecule has 29 heavy (non-hydrogen) atoms. The molecule has 8 nitrogen and oxygen atoms in total. The van der Waals surface area contributed by atoms with Gasteiger partial charge >= 0.3 is 6.03 Å². The van der Waals surface area contributed by atoms with E-state index >= 15 is 0 Å².